The summed E-state index contributed by atoms with van der Waals surface area (Å²) in [5.74, 6) is -0.521. The molecule has 0 bridgehead atoms. The van der Waals surface area contributed by atoms with Crippen LogP contribution in [0.1, 0.15) is 11.1 Å². The van der Waals surface area contributed by atoms with Gasteiger partial charge in [0.15, 0.2) is 5.75 Å². The summed E-state index contributed by atoms with van der Waals surface area (Å²) in [7, 11) is 1.31. The molecule has 7 nitrogen and oxygen atoms in total. The second-order valence-electron chi connectivity index (χ2n) is 4.68. The SMILES string of the molecule is COc1cc(/C=N\Nc2ccc(C)c(Cl)c2)cc([N+](=O)[O-])c1O. The first-order chi connectivity index (χ1) is 10.9. The first-order valence-corrected chi connectivity index (χ1v) is 6.90. The van der Waals surface area contributed by atoms with E-state index < -0.39 is 16.4 Å². The van der Waals surface area contributed by atoms with Gasteiger partial charge in [-0.2, -0.15) is 5.10 Å². The minimum absolute atomic E-state index is 0.000898. The number of ether oxygens (including phenoxy) is 1. The summed E-state index contributed by atoms with van der Waals surface area (Å²) in [5, 5.41) is 25.2. The van der Waals surface area contributed by atoms with Crippen LogP contribution in [0.15, 0.2) is 35.4 Å². The third-order valence-corrected chi connectivity index (χ3v) is 3.48. The number of aryl methyl sites for hydroxylation is 1. The highest BCUT2D eigenvalue weighted by molar-refractivity contribution is 6.31. The van der Waals surface area contributed by atoms with E-state index in [2.05, 4.69) is 10.5 Å². The van der Waals surface area contributed by atoms with Crippen molar-refractivity contribution in [2.24, 2.45) is 5.10 Å². The Hall–Kier alpha value is -2.80. The van der Waals surface area contributed by atoms with Crippen LogP contribution in [0.25, 0.3) is 0 Å². The maximum Gasteiger partial charge on any atom is 0.315 e. The molecule has 0 aliphatic rings. The summed E-state index contributed by atoms with van der Waals surface area (Å²) in [6.07, 6.45) is 1.38. The van der Waals surface area contributed by atoms with Gasteiger partial charge in [0.2, 0.25) is 5.75 Å². The third kappa shape index (κ3) is 3.89. The normalized spacial score (nSPS) is 10.7. The van der Waals surface area contributed by atoms with E-state index in [1.807, 2.05) is 13.0 Å². The van der Waals surface area contributed by atoms with Gasteiger partial charge in [-0.15, -0.1) is 0 Å². The molecule has 0 aliphatic heterocycles. The maximum absolute atomic E-state index is 10.9. The molecule has 0 spiro atoms. The minimum Gasteiger partial charge on any atom is -0.500 e. The van der Waals surface area contributed by atoms with Gasteiger partial charge in [0, 0.05) is 16.7 Å². The molecule has 2 N–H and O–H groups in total. The Morgan fingerprint density at radius 3 is 2.74 bits per heavy atom. The molecule has 2 aromatic rings. The number of aromatic hydroxyl groups is 1. The lowest BCUT2D eigenvalue weighted by Gasteiger charge is -2.05. The monoisotopic (exact) mass is 335 g/mol. The van der Waals surface area contributed by atoms with Gasteiger partial charge in [-0.1, -0.05) is 17.7 Å². The van der Waals surface area contributed by atoms with Crippen molar-refractivity contribution in [3.05, 3.63) is 56.6 Å². The predicted octanol–water partition coefficient (Wildman–Crippen LogP) is 3.72. The van der Waals surface area contributed by atoms with Crippen LogP contribution in [0.4, 0.5) is 11.4 Å². The molecule has 0 aromatic heterocycles. The van der Waals surface area contributed by atoms with E-state index in [0.29, 0.717) is 16.3 Å². The second-order valence-corrected chi connectivity index (χ2v) is 5.09. The topological polar surface area (TPSA) is 97.0 Å². The lowest BCUT2D eigenvalue weighted by atomic mass is 10.2. The van der Waals surface area contributed by atoms with E-state index in [0.717, 1.165) is 5.56 Å². The molecular formula is C15H14ClN3O4. The number of nitro benzene ring substituents is 1. The van der Waals surface area contributed by atoms with Crippen LogP contribution in [0, 0.1) is 17.0 Å². The van der Waals surface area contributed by atoms with Crippen LogP contribution >= 0.6 is 11.6 Å². The smallest absolute Gasteiger partial charge is 0.315 e. The van der Waals surface area contributed by atoms with Gasteiger partial charge in [0.05, 0.1) is 23.9 Å². The fraction of sp³-hybridized carbons (Fsp3) is 0.133. The molecule has 0 atom stereocenters. The molecule has 23 heavy (non-hydrogen) atoms. The van der Waals surface area contributed by atoms with Gasteiger partial charge in [0.1, 0.15) is 0 Å². The minimum atomic E-state index is -0.692. The average molecular weight is 336 g/mol. The van der Waals surface area contributed by atoms with Crippen LogP contribution in [-0.4, -0.2) is 23.4 Å². The number of hydrazone groups is 1. The summed E-state index contributed by atoms with van der Waals surface area (Å²) in [6, 6.07) is 8.00. The molecule has 8 heteroatoms. The van der Waals surface area contributed by atoms with Gasteiger partial charge >= 0.3 is 5.69 Å². The number of hydrogen-bond donors (Lipinski definition) is 2. The number of anilines is 1. The molecule has 120 valence electrons. The van der Waals surface area contributed by atoms with Crippen LogP contribution in [0.5, 0.6) is 11.5 Å². The molecule has 0 radical (unpaired) electrons. The Labute approximate surface area is 137 Å². The summed E-state index contributed by atoms with van der Waals surface area (Å²) >= 11 is 6.01. The zero-order chi connectivity index (χ0) is 17.0. The summed E-state index contributed by atoms with van der Waals surface area (Å²) in [6.45, 7) is 1.89. The van der Waals surface area contributed by atoms with E-state index in [9.17, 15) is 15.2 Å². The first-order valence-electron chi connectivity index (χ1n) is 6.53. The first kappa shape index (κ1) is 16.6. The highest BCUT2D eigenvalue weighted by atomic mass is 35.5. The van der Waals surface area contributed by atoms with Crippen LogP contribution in [0.2, 0.25) is 5.02 Å². The van der Waals surface area contributed by atoms with Crippen LogP contribution in [0.3, 0.4) is 0 Å². The molecule has 0 heterocycles. The van der Waals surface area contributed by atoms with Gasteiger partial charge < -0.3 is 9.84 Å². The quantitative estimate of drug-likeness (QED) is 0.493. The van der Waals surface area contributed by atoms with Crippen LogP contribution < -0.4 is 10.2 Å². The molecule has 0 saturated carbocycles. The Morgan fingerprint density at radius 1 is 1.39 bits per heavy atom. The van der Waals surface area contributed by atoms with Gasteiger partial charge in [-0.25, -0.2) is 0 Å². The Kier molecular flexibility index (Phi) is 5.02. The van der Waals surface area contributed by atoms with Crippen molar-refractivity contribution < 1.29 is 14.8 Å². The number of phenolic OH excluding ortho intramolecular Hbond substituents is 1. The van der Waals surface area contributed by atoms with Crippen molar-refractivity contribution >= 4 is 29.2 Å². The lowest BCUT2D eigenvalue weighted by molar-refractivity contribution is -0.386. The molecule has 0 amide bonds. The molecule has 0 fully saturated rings. The standard InChI is InChI=1S/C15H14ClN3O4/c1-9-3-4-11(7-12(9)16)18-17-8-10-5-13(19(21)22)15(20)14(6-10)23-2/h3-8,18,20H,1-2H3/b17-8-. The highest BCUT2D eigenvalue weighted by Gasteiger charge is 2.19. The Bertz CT molecular complexity index is 778. The highest BCUT2D eigenvalue weighted by Crippen LogP contribution is 2.36. The maximum atomic E-state index is 10.9. The van der Waals surface area contributed by atoms with E-state index in [1.165, 1.54) is 25.5 Å². The molecular weight excluding hydrogens is 322 g/mol. The van der Waals surface area contributed by atoms with Crippen LogP contribution in [-0.2, 0) is 0 Å². The molecule has 0 aliphatic carbocycles. The van der Waals surface area contributed by atoms with Gasteiger partial charge in [-0.05, 0) is 30.7 Å². The molecule has 0 saturated heterocycles. The average Bonchev–Trinajstić information content (AvgIpc) is 2.51. The zero-order valence-corrected chi connectivity index (χ0v) is 13.2. The number of nitro groups is 1. The van der Waals surface area contributed by atoms with E-state index in [1.54, 1.807) is 12.1 Å². The number of methoxy groups -OCH3 is 1. The van der Waals surface area contributed by atoms with Crippen molar-refractivity contribution in [1.82, 2.24) is 0 Å². The number of hydrogen-bond acceptors (Lipinski definition) is 6. The van der Waals surface area contributed by atoms with Crippen molar-refractivity contribution in [3.63, 3.8) is 0 Å². The summed E-state index contributed by atoms with van der Waals surface area (Å²) in [5.41, 5.74) is 4.34. The molecule has 0 unspecified atom stereocenters. The van der Waals surface area contributed by atoms with Crippen molar-refractivity contribution in [1.29, 1.82) is 0 Å². The Morgan fingerprint density at radius 2 is 2.13 bits per heavy atom. The van der Waals surface area contributed by atoms with E-state index >= 15 is 0 Å². The fourth-order valence-electron chi connectivity index (χ4n) is 1.83. The molecule has 2 aromatic carbocycles. The van der Waals surface area contributed by atoms with Crippen molar-refractivity contribution in [3.8, 4) is 11.5 Å². The third-order valence-electron chi connectivity index (χ3n) is 3.07. The van der Waals surface area contributed by atoms with E-state index in [4.69, 9.17) is 16.3 Å². The number of benzene rings is 2. The summed E-state index contributed by atoms with van der Waals surface area (Å²) in [4.78, 5) is 10.2. The largest absolute Gasteiger partial charge is 0.500 e. The summed E-state index contributed by atoms with van der Waals surface area (Å²) < 4.78 is 4.92. The zero-order valence-electron chi connectivity index (χ0n) is 12.4. The van der Waals surface area contributed by atoms with Crippen molar-refractivity contribution in [2.45, 2.75) is 6.92 Å². The number of phenols is 1. The second kappa shape index (κ2) is 6.97. The molecule has 2 rings (SSSR count). The van der Waals surface area contributed by atoms with Gasteiger partial charge in [0.25, 0.3) is 0 Å². The number of nitrogens with one attached hydrogen (secondary N) is 1. The van der Waals surface area contributed by atoms with Crippen molar-refractivity contribution in [2.75, 3.05) is 12.5 Å². The predicted molar refractivity (Wildman–Crippen MR) is 88.7 cm³/mol. The Balaban J connectivity index is 2.23. The number of halogens is 1. The fourth-order valence-corrected chi connectivity index (χ4v) is 2.01. The van der Waals surface area contributed by atoms with E-state index in [-0.39, 0.29) is 5.75 Å². The lowest BCUT2D eigenvalue weighted by Crippen LogP contribution is -1.96. The number of rotatable bonds is 5. The van der Waals surface area contributed by atoms with Gasteiger partial charge in [-0.3, -0.25) is 15.5 Å². The number of nitrogens with zero attached hydrogens (tertiary/aromatic N) is 2.